The topological polar surface area (TPSA) is 35.8 Å². The molecule has 0 fully saturated rings. The first kappa shape index (κ1) is 11.8. The predicted molar refractivity (Wildman–Crippen MR) is 55.3 cm³/mol. The van der Waals surface area contributed by atoms with Crippen molar-refractivity contribution in [3.8, 4) is 6.07 Å². The molecule has 0 amide bonds. The standard InChI is InChI=1S/C9H18N2S/c1-12-9-4-2-3-7-11-8-5-6-10/h11H,2-5,7-9H2,1H3. The van der Waals surface area contributed by atoms with Gasteiger partial charge in [-0.1, -0.05) is 6.42 Å². The number of unbranched alkanes of at least 4 members (excludes halogenated alkanes) is 2. The summed E-state index contributed by atoms with van der Waals surface area (Å²) in [5.74, 6) is 1.28. The maximum absolute atomic E-state index is 8.25. The molecule has 0 heterocycles. The summed E-state index contributed by atoms with van der Waals surface area (Å²) in [5, 5.41) is 11.5. The van der Waals surface area contributed by atoms with Gasteiger partial charge in [0, 0.05) is 13.0 Å². The van der Waals surface area contributed by atoms with Crippen LogP contribution in [0.3, 0.4) is 0 Å². The monoisotopic (exact) mass is 186 g/mol. The van der Waals surface area contributed by atoms with Gasteiger partial charge in [0.2, 0.25) is 0 Å². The van der Waals surface area contributed by atoms with Crippen LogP contribution in [0.5, 0.6) is 0 Å². The van der Waals surface area contributed by atoms with Gasteiger partial charge in [-0.3, -0.25) is 0 Å². The third-order valence-corrected chi connectivity index (χ3v) is 2.31. The van der Waals surface area contributed by atoms with Gasteiger partial charge >= 0.3 is 0 Å². The highest BCUT2D eigenvalue weighted by molar-refractivity contribution is 7.98. The van der Waals surface area contributed by atoms with Gasteiger partial charge in [0.15, 0.2) is 0 Å². The van der Waals surface area contributed by atoms with Crippen LogP contribution >= 0.6 is 11.8 Å². The zero-order valence-corrected chi connectivity index (χ0v) is 8.62. The van der Waals surface area contributed by atoms with E-state index in [1.807, 2.05) is 11.8 Å². The quantitative estimate of drug-likeness (QED) is 0.589. The molecule has 0 aliphatic rings. The van der Waals surface area contributed by atoms with Crippen LogP contribution in [0.25, 0.3) is 0 Å². The van der Waals surface area contributed by atoms with Crippen LogP contribution in [-0.4, -0.2) is 25.1 Å². The van der Waals surface area contributed by atoms with Crippen molar-refractivity contribution < 1.29 is 0 Å². The summed E-state index contributed by atoms with van der Waals surface area (Å²) in [5.41, 5.74) is 0. The van der Waals surface area contributed by atoms with Crippen LogP contribution in [0.2, 0.25) is 0 Å². The first-order valence-electron chi connectivity index (χ1n) is 4.48. The van der Waals surface area contributed by atoms with Gasteiger partial charge in [0.25, 0.3) is 0 Å². The molecule has 2 nitrogen and oxygen atoms in total. The van der Waals surface area contributed by atoms with Crippen LogP contribution in [0.1, 0.15) is 25.7 Å². The van der Waals surface area contributed by atoms with Crippen molar-refractivity contribution in [3.05, 3.63) is 0 Å². The van der Waals surface area contributed by atoms with E-state index in [1.54, 1.807) is 0 Å². The summed E-state index contributed by atoms with van der Waals surface area (Å²) >= 11 is 1.91. The lowest BCUT2D eigenvalue weighted by Gasteiger charge is -2.00. The van der Waals surface area contributed by atoms with E-state index in [4.69, 9.17) is 5.26 Å². The van der Waals surface area contributed by atoms with Crippen LogP contribution < -0.4 is 5.32 Å². The predicted octanol–water partition coefficient (Wildman–Crippen LogP) is 2.02. The van der Waals surface area contributed by atoms with Crippen molar-refractivity contribution in [3.63, 3.8) is 0 Å². The maximum Gasteiger partial charge on any atom is 0.0635 e. The Balaban J connectivity index is 2.78. The van der Waals surface area contributed by atoms with Crippen LogP contribution in [-0.2, 0) is 0 Å². The molecule has 0 unspecified atom stereocenters. The molecule has 0 bridgehead atoms. The average molecular weight is 186 g/mol. The van der Waals surface area contributed by atoms with Crippen molar-refractivity contribution in [1.29, 1.82) is 5.26 Å². The summed E-state index contributed by atoms with van der Waals surface area (Å²) in [6.07, 6.45) is 6.64. The van der Waals surface area contributed by atoms with E-state index in [1.165, 1.54) is 25.0 Å². The molecule has 0 saturated heterocycles. The van der Waals surface area contributed by atoms with Crippen LogP contribution in [0, 0.1) is 11.3 Å². The lowest BCUT2D eigenvalue weighted by atomic mass is 10.2. The normalized spacial score (nSPS) is 9.67. The Bertz CT molecular complexity index is 120. The highest BCUT2D eigenvalue weighted by Gasteiger charge is 1.88. The Morgan fingerprint density at radius 2 is 2.08 bits per heavy atom. The number of thioether (sulfide) groups is 1. The van der Waals surface area contributed by atoms with Gasteiger partial charge in [0.1, 0.15) is 0 Å². The second kappa shape index (κ2) is 10.8. The molecule has 0 aromatic heterocycles. The third-order valence-electron chi connectivity index (χ3n) is 1.62. The summed E-state index contributed by atoms with van der Waals surface area (Å²) in [6.45, 7) is 1.91. The minimum Gasteiger partial charge on any atom is -0.316 e. The molecule has 0 spiro atoms. The Kier molecular flexibility index (Phi) is 10.6. The minimum absolute atomic E-state index is 0.630. The van der Waals surface area contributed by atoms with Crippen molar-refractivity contribution in [2.75, 3.05) is 25.1 Å². The van der Waals surface area contributed by atoms with E-state index in [9.17, 15) is 0 Å². The first-order chi connectivity index (χ1) is 5.91. The molecule has 0 atom stereocenters. The Morgan fingerprint density at radius 1 is 1.25 bits per heavy atom. The van der Waals surface area contributed by atoms with Crippen LogP contribution in [0.4, 0.5) is 0 Å². The number of rotatable bonds is 8. The Labute approximate surface area is 79.7 Å². The van der Waals surface area contributed by atoms with Gasteiger partial charge in [-0.2, -0.15) is 17.0 Å². The van der Waals surface area contributed by atoms with Gasteiger partial charge in [-0.15, -0.1) is 0 Å². The van der Waals surface area contributed by atoms with Gasteiger partial charge < -0.3 is 5.32 Å². The summed E-state index contributed by atoms with van der Waals surface area (Å²) in [6, 6.07) is 2.11. The highest BCUT2D eigenvalue weighted by Crippen LogP contribution is 2.00. The molecular formula is C9H18N2S. The van der Waals surface area contributed by atoms with Gasteiger partial charge in [0.05, 0.1) is 6.07 Å². The zero-order valence-electron chi connectivity index (χ0n) is 7.81. The molecule has 70 valence electrons. The third kappa shape index (κ3) is 9.80. The van der Waals surface area contributed by atoms with E-state index in [0.717, 1.165) is 13.1 Å². The molecule has 3 heteroatoms. The molecule has 0 rings (SSSR count). The highest BCUT2D eigenvalue weighted by atomic mass is 32.2. The summed E-state index contributed by atoms with van der Waals surface area (Å²) < 4.78 is 0. The van der Waals surface area contributed by atoms with E-state index >= 15 is 0 Å². The Morgan fingerprint density at radius 3 is 2.75 bits per heavy atom. The van der Waals surface area contributed by atoms with E-state index in [2.05, 4.69) is 17.6 Å². The molecular weight excluding hydrogens is 168 g/mol. The molecule has 0 saturated carbocycles. The van der Waals surface area contributed by atoms with Crippen LogP contribution in [0.15, 0.2) is 0 Å². The second-order valence-electron chi connectivity index (χ2n) is 2.71. The zero-order chi connectivity index (χ0) is 9.07. The van der Waals surface area contributed by atoms with E-state index < -0.39 is 0 Å². The smallest absolute Gasteiger partial charge is 0.0635 e. The minimum atomic E-state index is 0.630. The molecule has 0 aliphatic carbocycles. The first-order valence-corrected chi connectivity index (χ1v) is 5.88. The number of hydrogen-bond acceptors (Lipinski definition) is 3. The molecule has 0 radical (unpaired) electrons. The van der Waals surface area contributed by atoms with Crippen molar-refractivity contribution in [2.24, 2.45) is 0 Å². The lowest BCUT2D eigenvalue weighted by molar-refractivity contribution is 0.624. The lowest BCUT2D eigenvalue weighted by Crippen LogP contribution is -2.16. The van der Waals surface area contributed by atoms with E-state index in [0.29, 0.717) is 6.42 Å². The number of nitrogens with one attached hydrogen (secondary N) is 1. The molecule has 0 aromatic rings. The number of hydrogen-bond donors (Lipinski definition) is 1. The second-order valence-corrected chi connectivity index (χ2v) is 3.70. The summed E-state index contributed by atoms with van der Waals surface area (Å²) in [4.78, 5) is 0. The summed E-state index contributed by atoms with van der Waals surface area (Å²) in [7, 11) is 0. The van der Waals surface area contributed by atoms with Crippen molar-refractivity contribution >= 4 is 11.8 Å². The molecule has 0 aromatic carbocycles. The van der Waals surface area contributed by atoms with Crippen molar-refractivity contribution in [1.82, 2.24) is 5.32 Å². The fourth-order valence-electron chi connectivity index (χ4n) is 0.942. The van der Waals surface area contributed by atoms with Gasteiger partial charge in [-0.05, 0) is 31.4 Å². The van der Waals surface area contributed by atoms with E-state index in [-0.39, 0.29) is 0 Å². The average Bonchev–Trinajstić information content (AvgIpc) is 2.10. The molecule has 1 N–H and O–H groups in total. The van der Waals surface area contributed by atoms with Crippen molar-refractivity contribution in [2.45, 2.75) is 25.7 Å². The number of nitrogens with zero attached hydrogens (tertiary/aromatic N) is 1. The largest absolute Gasteiger partial charge is 0.316 e. The van der Waals surface area contributed by atoms with Gasteiger partial charge in [-0.25, -0.2) is 0 Å². The maximum atomic E-state index is 8.25. The fraction of sp³-hybridized carbons (Fsp3) is 0.889. The Hall–Kier alpha value is -0.200. The molecule has 0 aliphatic heterocycles. The number of nitriles is 1. The SMILES string of the molecule is CSCCCCCNCCC#N. The fourth-order valence-corrected chi connectivity index (χ4v) is 1.44. The molecule has 12 heavy (non-hydrogen) atoms.